The quantitative estimate of drug-likeness (QED) is 0.274. The molecule has 1 amide bonds. The molecule has 2 atom stereocenters. The van der Waals surface area contributed by atoms with Gasteiger partial charge in [0.25, 0.3) is 0 Å². The Labute approximate surface area is 238 Å². The smallest absolute Gasteiger partial charge is 0.226 e. The van der Waals surface area contributed by atoms with E-state index in [1.54, 1.807) is 18.3 Å². The molecule has 0 N–H and O–H groups in total. The number of nitrogens with zero attached hydrogens (tertiary/aromatic N) is 3. The second-order valence-electron chi connectivity index (χ2n) is 12.7. The Morgan fingerprint density at radius 3 is 2.67 bits per heavy atom. The average molecular weight is 558 g/mol. The van der Waals surface area contributed by atoms with Gasteiger partial charge in [-0.2, -0.15) is 5.26 Å². The van der Waals surface area contributed by atoms with Gasteiger partial charge in [0.2, 0.25) is 11.8 Å². The number of amides is 1. The first-order valence-corrected chi connectivity index (χ1v) is 17.0. The first kappa shape index (κ1) is 28.1. The van der Waals surface area contributed by atoms with Crippen LogP contribution in [-0.4, -0.2) is 43.4 Å². The summed E-state index contributed by atoms with van der Waals surface area (Å²) < 4.78 is 18.4. The SMILES string of the molecule is CC(C)Oc1ccc(-c2ncc(-c3cccc4c3CC3CC(=O)N(CCO[Si](C)(C)C(C)(C)C)C43)o2)cc1C#N. The molecule has 40 heavy (non-hydrogen) atoms. The molecule has 1 aliphatic carbocycles. The van der Waals surface area contributed by atoms with E-state index in [4.69, 9.17) is 13.6 Å². The van der Waals surface area contributed by atoms with E-state index in [0.29, 0.717) is 42.5 Å². The Morgan fingerprint density at radius 2 is 1.98 bits per heavy atom. The highest BCUT2D eigenvalue weighted by Gasteiger charge is 2.46. The minimum Gasteiger partial charge on any atom is -0.490 e. The lowest BCUT2D eigenvalue weighted by Gasteiger charge is -2.37. The third-order valence-electron chi connectivity index (χ3n) is 8.62. The van der Waals surface area contributed by atoms with Crippen molar-refractivity contribution >= 4 is 14.2 Å². The number of nitriles is 1. The van der Waals surface area contributed by atoms with Crippen LogP contribution in [0.25, 0.3) is 22.8 Å². The number of carbonyl (C=O) groups excluding carboxylic acids is 1. The largest absolute Gasteiger partial charge is 0.490 e. The van der Waals surface area contributed by atoms with E-state index in [-0.39, 0.29) is 29.0 Å². The van der Waals surface area contributed by atoms with E-state index in [2.05, 4.69) is 57.1 Å². The zero-order chi connectivity index (χ0) is 28.8. The Kier molecular flexibility index (Phi) is 7.40. The van der Waals surface area contributed by atoms with Gasteiger partial charge < -0.3 is 18.5 Å². The normalized spacial score (nSPS) is 18.7. The molecule has 5 rings (SSSR count). The van der Waals surface area contributed by atoms with Crippen molar-refractivity contribution in [3.8, 4) is 34.6 Å². The Morgan fingerprint density at radius 1 is 1.20 bits per heavy atom. The summed E-state index contributed by atoms with van der Waals surface area (Å²) in [4.78, 5) is 19.6. The number of rotatable bonds is 8. The van der Waals surface area contributed by atoms with Gasteiger partial charge in [0, 0.05) is 24.1 Å². The van der Waals surface area contributed by atoms with Crippen LogP contribution in [0.4, 0.5) is 0 Å². The van der Waals surface area contributed by atoms with Gasteiger partial charge in [0.1, 0.15) is 11.8 Å². The lowest BCUT2D eigenvalue weighted by Crippen LogP contribution is -2.43. The molecule has 0 saturated carbocycles. The monoisotopic (exact) mass is 557 g/mol. The van der Waals surface area contributed by atoms with Crippen molar-refractivity contribution in [3.05, 3.63) is 59.3 Å². The number of likely N-dealkylation sites (tertiary alicyclic amines) is 1. The molecule has 3 aromatic rings. The van der Waals surface area contributed by atoms with E-state index in [1.165, 1.54) is 11.1 Å². The maximum Gasteiger partial charge on any atom is 0.226 e. The van der Waals surface area contributed by atoms with Crippen LogP contribution in [0.3, 0.4) is 0 Å². The standard InChI is InChI=1S/C32H39N3O4Si/c1-20(2)38-27-12-11-21(15-23(27)18-33)31-34-19-28(39-31)24-9-8-10-25-26(24)16-22-17-29(36)35(30(22)25)13-14-37-40(6,7)32(3,4)5/h8-12,15,19-20,22,30H,13-14,16-17H2,1-7H3. The number of fused-ring (bicyclic) bond motifs is 3. The fraction of sp³-hybridized carbons (Fsp3) is 0.469. The summed E-state index contributed by atoms with van der Waals surface area (Å²) in [5, 5.41) is 9.76. The van der Waals surface area contributed by atoms with Gasteiger partial charge in [0.15, 0.2) is 14.1 Å². The third-order valence-corrected chi connectivity index (χ3v) is 13.2. The summed E-state index contributed by atoms with van der Waals surface area (Å²) in [6.07, 6.45) is 3.11. The number of ether oxygens (including phenoxy) is 1. The van der Waals surface area contributed by atoms with Crippen LogP contribution in [0, 0.1) is 17.2 Å². The number of hydrogen-bond acceptors (Lipinski definition) is 6. The van der Waals surface area contributed by atoms with Crippen molar-refractivity contribution in [2.75, 3.05) is 13.2 Å². The molecule has 0 radical (unpaired) electrons. The molecule has 7 nitrogen and oxygen atoms in total. The summed E-state index contributed by atoms with van der Waals surface area (Å²) in [5.41, 5.74) is 4.60. The van der Waals surface area contributed by atoms with Crippen molar-refractivity contribution in [2.45, 2.75) is 77.7 Å². The van der Waals surface area contributed by atoms with Crippen LogP contribution < -0.4 is 4.74 Å². The van der Waals surface area contributed by atoms with Crippen molar-refractivity contribution in [1.82, 2.24) is 9.88 Å². The molecule has 210 valence electrons. The lowest BCUT2D eigenvalue weighted by molar-refractivity contribution is -0.129. The lowest BCUT2D eigenvalue weighted by atomic mass is 10.0. The molecule has 2 heterocycles. The molecule has 1 saturated heterocycles. The number of aromatic nitrogens is 1. The molecule has 8 heteroatoms. The second-order valence-corrected chi connectivity index (χ2v) is 17.5. The first-order valence-electron chi connectivity index (χ1n) is 14.1. The van der Waals surface area contributed by atoms with Crippen LogP contribution in [0.5, 0.6) is 5.75 Å². The molecular formula is C32H39N3O4Si. The number of oxazole rings is 1. The summed E-state index contributed by atoms with van der Waals surface area (Å²) in [7, 11) is -1.88. The van der Waals surface area contributed by atoms with Gasteiger partial charge in [-0.1, -0.05) is 39.0 Å². The topological polar surface area (TPSA) is 88.6 Å². The Balaban J connectivity index is 1.38. The third kappa shape index (κ3) is 5.20. The van der Waals surface area contributed by atoms with Crippen LogP contribution in [0.2, 0.25) is 18.1 Å². The number of benzene rings is 2. The summed E-state index contributed by atoms with van der Waals surface area (Å²) in [6, 6.07) is 13.9. The maximum atomic E-state index is 13.0. The van der Waals surface area contributed by atoms with E-state index < -0.39 is 8.32 Å². The number of hydrogen-bond donors (Lipinski definition) is 0. The zero-order valence-electron chi connectivity index (χ0n) is 24.6. The molecule has 1 aromatic heterocycles. The fourth-order valence-corrected chi connectivity index (χ4v) is 6.62. The first-order chi connectivity index (χ1) is 18.9. The van der Waals surface area contributed by atoms with Crippen LogP contribution >= 0.6 is 0 Å². The molecule has 2 aromatic carbocycles. The van der Waals surface area contributed by atoms with Gasteiger partial charge in [-0.05, 0) is 73.6 Å². The van der Waals surface area contributed by atoms with E-state index in [0.717, 1.165) is 17.5 Å². The zero-order valence-corrected chi connectivity index (χ0v) is 25.6. The number of carbonyl (C=O) groups is 1. The van der Waals surface area contributed by atoms with Gasteiger partial charge in [-0.15, -0.1) is 0 Å². The van der Waals surface area contributed by atoms with Gasteiger partial charge in [-0.3, -0.25) is 4.79 Å². The van der Waals surface area contributed by atoms with Crippen LogP contribution in [0.1, 0.15) is 63.8 Å². The molecule has 1 aliphatic heterocycles. The average Bonchev–Trinajstić information content (AvgIpc) is 3.58. The molecule has 1 fully saturated rings. The fourth-order valence-electron chi connectivity index (χ4n) is 5.59. The minimum atomic E-state index is -1.88. The van der Waals surface area contributed by atoms with Crippen molar-refractivity contribution in [1.29, 1.82) is 5.26 Å². The minimum absolute atomic E-state index is 0.0260. The molecular weight excluding hydrogens is 518 g/mol. The van der Waals surface area contributed by atoms with E-state index >= 15 is 0 Å². The van der Waals surface area contributed by atoms with E-state index in [1.807, 2.05) is 30.9 Å². The predicted octanol–water partition coefficient (Wildman–Crippen LogP) is 7.13. The van der Waals surface area contributed by atoms with Gasteiger partial charge in [-0.25, -0.2) is 4.98 Å². The molecule has 2 aliphatic rings. The Bertz CT molecular complexity index is 1460. The highest BCUT2D eigenvalue weighted by atomic mass is 28.4. The van der Waals surface area contributed by atoms with Crippen LogP contribution in [0.15, 0.2) is 47.0 Å². The molecule has 0 bridgehead atoms. The van der Waals surface area contributed by atoms with Crippen LogP contribution in [-0.2, 0) is 15.6 Å². The van der Waals surface area contributed by atoms with Gasteiger partial charge >= 0.3 is 0 Å². The summed E-state index contributed by atoms with van der Waals surface area (Å²) in [6.45, 7) is 16.2. The highest BCUT2D eigenvalue weighted by molar-refractivity contribution is 6.74. The van der Waals surface area contributed by atoms with E-state index in [9.17, 15) is 10.1 Å². The van der Waals surface area contributed by atoms with Crippen molar-refractivity contribution < 1.29 is 18.4 Å². The highest BCUT2D eigenvalue weighted by Crippen LogP contribution is 2.49. The molecule has 0 spiro atoms. The summed E-state index contributed by atoms with van der Waals surface area (Å²) >= 11 is 0. The van der Waals surface area contributed by atoms with Gasteiger partial charge in [0.05, 0.1) is 30.5 Å². The Hall–Kier alpha value is -3.41. The van der Waals surface area contributed by atoms with Crippen molar-refractivity contribution in [3.63, 3.8) is 0 Å². The predicted molar refractivity (Wildman–Crippen MR) is 157 cm³/mol. The molecule has 2 unspecified atom stereocenters. The maximum absolute atomic E-state index is 13.0. The summed E-state index contributed by atoms with van der Waals surface area (Å²) in [5.74, 6) is 2.16. The second kappa shape index (κ2) is 10.5. The van der Waals surface area contributed by atoms with Crippen molar-refractivity contribution in [2.24, 2.45) is 5.92 Å².